The number of aromatic hydroxyl groups is 1. The first-order valence-electron chi connectivity index (χ1n) is 7.96. The van der Waals surface area contributed by atoms with Crippen LogP contribution in [0.3, 0.4) is 0 Å². The van der Waals surface area contributed by atoms with Gasteiger partial charge in [-0.1, -0.05) is 11.6 Å². The molecule has 0 aliphatic carbocycles. The Labute approximate surface area is 151 Å². The summed E-state index contributed by atoms with van der Waals surface area (Å²) in [6, 6.07) is 5.97. The van der Waals surface area contributed by atoms with Gasteiger partial charge in [-0.2, -0.15) is 0 Å². The normalized spacial score (nSPS) is 15.9. The summed E-state index contributed by atoms with van der Waals surface area (Å²) in [5.41, 5.74) is 4.79. The molecule has 9 heteroatoms. The Morgan fingerprint density at radius 3 is 2.88 bits per heavy atom. The van der Waals surface area contributed by atoms with Crippen molar-refractivity contribution in [1.29, 1.82) is 0 Å². The van der Waals surface area contributed by atoms with Crippen LogP contribution in [0.25, 0.3) is 10.9 Å². The third-order valence-electron chi connectivity index (χ3n) is 4.04. The van der Waals surface area contributed by atoms with Gasteiger partial charge in [0.2, 0.25) is 11.0 Å². The van der Waals surface area contributed by atoms with E-state index < -0.39 is 0 Å². The van der Waals surface area contributed by atoms with Crippen molar-refractivity contribution in [3.63, 3.8) is 0 Å². The zero-order valence-corrected chi connectivity index (χ0v) is 15.0. The largest absolute Gasteiger partial charge is 0.493 e. The lowest BCUT2D eigenvalue weighted by Crippen LogP contribution is -2.37. The molecule has 0 unspecified atom stereocenters. The lowest BCUT2D eigenvalue weighted by atomic mass is 10.1. The number of hydroxylamine groups is 1. The fourth-order valence-corrected chi connectivity index (χ4v) is 2.95. The first-order valence-corrected chi connectivity index (χ1v) is 8.37. The highest BCUT2D eigenvalue weighted by atomic mass is 32.1. The first-order chi connectivity index (χ1) is 12.1. The minimum atomic E-state index is 0.0658. The summed E-state index contributed by atoms with van der Waals surface area (Å²) in [5.74, 6) is 0.0658. The second-order valence-corrected chi connectivity index (χ2v) is 6.19. The number of benzene rings is 1. The van der Waals surface area contributed by atoms with Crippen molar-refractivity contribution < 1.29 is 14.7 Å². The molecular formula is C16H21N5O3S. The fraction of sp³-hybridized carbons (Fsp3) is 0.438. The van der Waals surface area contributed by atoms with E-state index in [0.29, 0.717) is 25.6 Å². The Morgan fingerprint density at radius 2 is 2.16 bits per heavy atom. The summed E-state index contributed by atoms with van der Waals surface area (Å²) in [6.07, 6.45) is 0. The molecule has 1 saturated heterocycles. The highest BCUT2D eigenvalue weighted by Gasteiger charge is 2.20. The molecule has 1 aliphatic rings. The number of thiocarbonyl (C=S) groups is 1. The van der Waals surface area contributed by atoms with Gasteiger partial charge in [0, 0.05) is 18.5 Å². The zero-order chi connectivity index (χ0) is 17.8. The highest BCUT2D eigenvalue weighted by Crippen LogP contribution is 2.39. The molecule has 3 rings (SSSR count). The van der Waals surface area contributed by atoms with Gasteiger partial charge < -0.3 is 9.84 Å². The van der Waals surface area contributed by atoms with E-state index in [-0.39, 0.29) is 11.0 Å². The summed E-state index contributed by atoms with van der Waals surface area (Å²) in [6.45, 7) is 5.59. The van der Waals surface area contributed by atoms with Gasteiger partial charge in [0.1, 0.15) is 0 Å². The average Bonchev–Trinajstić information content (AvgIpc) is 2.85. The Bertz CT molecular complexity index is 799. The first kappa shape index (κ1) is 17.7. The van der Waals surface area contributed by atoms with Crippen molar-refractivity contribution in [2.45, 2.75) is 13.6 Å². The maximum Gasteiger partial charge on any atom is 0.237 e. The van der Waals surface area contributed by atoms with Gasteiger partial charge >= 0.3 is 0 Å². The van der Waals surface area contributed by atoms with Crippen molar-refractivity contribution in [3.8, 4) is 5.88 Å². The van der Waals surface area contributed by atoms with Gasteiger partial charge in [-0.05, 0) is 31.3 Å². The molecule has 1 aromatic heterocycles. The van der Waals surface area contributed by atoms with Crippen LogP contribution in [0.5, 0.6) is 5.88 Å². The van der Waals surface area contributed by atoms with Crippen molar-refractivity contribution in [2.75, 3.05) is 33.4 Å². The minimum absolute atomic E-state index is 0.0658. The topological polar surface area (TPSA) is 83.6 Å². The van der Waals surface area contributed by atoms with Gasteiger partial charge in [0.05, 0.1) is 32.5 Å². The number of ether oxygens (including phenoxy) is 1. The summed E-state index contributed by atoms with van der Waals surface area (Å²) in [4.78, 5) is 6.93. The van der Waals surface area contributed by atoms with Gasteiger partial charge in [-0.15, -0.1) is 10.2 Å². The summed E-state index contributed by atoms with van der Waals surface area (Å²) in [7, 11) is 1.44. The summed E-state index contributed by atoms with van der Waals surface area (Å²) in [5, 5.41) is 19.7. The van der Waals surface area contributed by atoms with Gasteiger partial charge in [-0.3, -0.25) is 14.3 Å². The Hall–Kier alpha value is -2.07. The highest BCUT2D eigenvalue weighted by molar-refractivity contribution is 7.80. The molecule has 0 atom stereocenters. The van der Waals surface area contributed by atoms with Gasteiger partial charge in [0.25, 0.3) is 0 Å². The Morgan fingerprint density at radius 1 is 1.40 bits per heavy atom. The van der Waals surface area contributed by atoms with Crippen molar-refractivity contribution >= 4 is 33.9 Å². The molecule has 2 heterocycles. The minimum Gasteiger partial charge on any atom is -0.493 e. The monoisotopic (exact) mass is 363 g/mol. The number of aryl methyl sites for hydroxylation is 1. The SMILES string of the molecule is CONC(=S)N=Nc1c(O)n(CN2CCOCC2)c2ccc(C)cc12. The number of hydrogen-bond donors (Lipinski definition) is 2. The van der Waals surface area contributed by atoms with Crippen LogP contribution in [0.1, 0.15) is 5.56 Å². The van der Waals surface area contributed by atoms with Crippen molar-refractivity contribution in [3.05, 3.63) is 23.8 Å². The number of azo groups is 1. The number of aromatic nitrogens is 1. The lowest BCUT2D eigenvalue weighted by Gasteiger charge is -2.27. The molecule has 0 spiro atoms. The van der Waals surface area contributed by atoms with Crippen molar-refractivity contribution in [1.82, 2.24) is 14.9 Å². The molecule has 0 saturated carbocycles. The molecule has 2 N–H and O–H groups in total. The number of nitrogens with zero attached hydrogens (tertiary/aromatic N) is 4. The molecule has 0 amide bonds. The third-order valence-corrected chi connectivity index (χ3v) is 4.21. The van der Waals surface area contributed by atoms with Crippen LogP contribution >= 0.6 is 12.2 Å². The Kier molecular flexibility index (Phi) is 5.59. The quantitative estimate of drug-likeness (QED) is 0.493. The molecule has 2 aromatic rings. The summed E-state index contributed by atoms with van der Waals surface area (Å²) < 4.78 is 7.22. The van der Waals surface area contributed by atoms with Crippen LogP contribution in [-0.4, -0.2) is 53.1 Å². The van der Waals surface area contributed by atoms with Gasteiger partial charge in [0.15, 0.2) is 5.69 Å². The van der Waals surface area contributed by atoms with E-state index in [2.05, 4.69) is 20.6 Å². The third kappa shape index (κ3) is 3.96. The van der Waals surface area contributed by atoms with E-state index in [1.165, 1.54) is 7.11 Å². The van der Waals surface area contributed by atoms with Crippen LogP contribution in [0.4, 0.5) is 5.69 Å². The van der Waals surface area contributed by atoms with E-state index >= 15 is 0 Å². The molecule has 25 heavy (non-hydrogen) atoms. The van der Waals surface area contributed by atoms with Crippen LogP contribution in [0, 0.1) is 6.92 Å². The summed E-state index contributed by atoms with van der Waals surface area (Å²) >= 11 is 4.97. The predicted molar refractivity (Wildman–Crippen MR) is 98.0 cm³/mol. The van der Waals surface area contributed by atoms with Crippen LogP contribution in [0.15, 0.2) is 28.4 Å². The van der Waals surface area contributed by atoms with Gasteiger partial charge in [-0.25, -0.2) is 5.48 Å². The molecular weight excluding hydrogens is 342 g/mol. The van der Waals surface area contributed by atoms with E-state index in [1.807, 2.05) is 29.7 Å². The number of hydrogen-bond acceptors (Lipinski definition) is 6. The van der Waals surface area contributed by atoms with E-state index in [4.69, 9.17) is 21.8 Å². The second kappa shape index (κ2) is 7.87. The van der Waals surface area contributed by atoms with Crippen LogP contribution in [-0.2, 0) is 16.2 Å². The zero-order valence-electron chi connectivity index (χ0n) is 14.2. The van der Waals surface area contributed by atoms with Crippen LogP contribution < -0.4 is 5.48 Å². The standard InChI is InChI=1S/C16H21N5O3S/c1-11-3-4-13-12(9-11)14(17-18-16(25)19-23-2)15(22)21(13)10-20-5-7-24-8-6-20/h3-4,9,22H,5-8,10H2,1-2H3,(H,19,25). The van der Waals surface area contributed by atoms with Crippen molar-refractivity contribution in [2.24, 2.45) is 10.2 Å². The lowest BCUT2D eigenvalue weighted by molar-refractivity contribution is 0.0231. The number of fused-ring (bicyclic) bond motifs is 1. The Balaban J connectivity index is 1.99. The smallest absolute Gasteiger partial charge is 0.237 e. The predicted octanol–water partition coefficient (Wildman–Crippen LogP) is 2.46. The van der Waals surface area contributed by atoms with Crippen LogP contribution in [0.2, 0.25) is 0 Å². The van der Waals surface area contributed by atoms with E-state index in [0.717, 1.165) is 29.6 Å². The molecule has 0 bridgehead atoms. The maximum absolute atomic E-state index is 10.7. The molecule has 1 aliphatic heterocycles. The fourth-order valence-electron chi connectivity index (χ4n) is 2.82. The number of nitrogens with one attached hydrogen (secondary N) is 1. The molecule has 1 fully saturated rings. The molecule has 8 nitrogen and oxygen atoms in total. The molecule has 1 aromatic carbocycles. The van der Waals surface area contributed by atoms with E-state index in [9.17, 15) is 5.11 Å². The number of morpholine rings is 1. The van der Waals surface area contributed by atoms with E-state index in [1.54, 1.807) is 0 Å². The average molecular weight is 363 g/mol. The second-order valence-electron chi connectivity index (χ2n) is 5.80. The molecule has 134 valence electrons. The number of rotatable bonds is 4. The maximum atomic E-state index is 10.7. The molecule has 0 radical (unpaired) electrons.